The number of amides is 2. The van der Waals surface area contributed by atoms with Crippen LogP contribution in [0.25, 0.3) is 0 Å². The zero-order chi connectivity index (χ0) is 19.4. The van der Waals surface area contributed by atoms with Crippen LogP contribution < -0.4 is 5.32 Å². The second-order valence-corrected chi connectivity index (χ2v) is 6.56. The van der Waals surface area contributed by atoms with Crippen LogP contribution in [0.4, 0.5) is 0 Å². The van der Waals surface area contributed by atoms with Gasteiger partial charge in [-0.05, 0) is 30.9 Å². The number of aryl methyl sites for hydroxylation is 1. The number of aromatic nitrogens is 3. The fraction of sp³-hybridized carbons (Fsp3) is 0.389. The molecule has 3 heterocycles. The van der Waals surface area contributed by atoms with Crippen LogP contribution in [0.5, 0.6) is 0 Å². The lowest BCUT2D eigenvalue weighted by Crippen LogP contribution is -2.41. The van der Waals surface area contributed by atoms with Crippen molar-refractivity contribution in [2.75, 3.05) is 19.6 Å². The first-order valence-electron chi connectivity index (χ1n) is 8.70. The predicted octanol–water partition coefficient (Wildman–Crippen LogP) is 0.795. The van der Waals surface area contributed by atoms with Gasteiger partial charge in [0.05, 0.1) is 11.8 Å². The van der Waals surface area contributed by atoms with Crippen LogP contribution >= 0.6 is 0 Å². The molecular formula is C18H21N5O4. The Morgan fingerprint density at radius 1 is 1.22 bits per heavy atom. The molecule has 9 nitrogen and oxygen atoms in total. The van der Waals surface area contributed by atoms with Gasteiger partial charge < -0.3 is 15.3 Å². The summed E-state index contributed by atoms with van der Waals surface area (Å²) in [5, 5.41) is 15.9. The van der Waals surface area contributed by atoms with Crippen LogP contribution in [-0.2, 0) is 7.05 Å². The molecule has 0 spiro atoms. The van der Waals surface area contributed by atoms with Crippen LogP contribution in [0.3, 0.4) is 0 Å². The number of rotatable bonds is 5. The van der Waals surface area contributed by atoms with Crippen molar-refractivity contribution in [3.05, 3.63) is 47.5 Å². The molecule has 27 heavy (non-hydrogen) atoms. The number of hydrogen-bond donors (Lipinski definition) is 2. The lowest BCUT2D eigenvalue weighted by Gasteiger charge is -2.31. The highest BCUT2D eigenvalue weighted by molar-refractivity contribution is 5.94. The summed E-state index contributed by atoms with van der Waals surface area (Å²) < 4.78 is 1.58. The summed E-state index contributed by atoms with van der Waals surface area (Å²) in [6, 6.07) is 4.40. The van der Waals surface area contributed by atoms with E-state index in [2.05, 4.69) is 15.4 Å². The summed E-state index contributed by atoms with van der Waals surface area (Å²) in [5.74, 6) is -1.30. The third kappa shape index (κ3) is 4.49. The van der Waals surface area contributed by atoms with Crippen LogP contribution in [0, 0.1) is 5.92 Å². The summed E-state index contributed by atoms with van der Waals surface area (Å²) >= 11 is 0. The molecule has 0 aliphatic carbocycles. The molecule has 0 atom stereocenters. The Hall–Kier alpha value is -3.23. The Labute approximate surface area is 156 Å². The molecular weight excluding hydrogens is 350 g/mol. The molecule has 0 aromatic carbocycles. The zero-order valence-corrected chi connectivity index (χ0v) is 15.0. The average molecular weight is 371 g/mol. The van der Waals surface area contributed by atoms with Gasteiger partial charge in [-0.15, -0.1) is 0 Å². The molecule has 1 aliphatic heterocycles. The fourth-order valence-electron chi connectivity index (χ4n) is 3.05. The van der Waals surface area contributed by atoms with Crippen molar-refractivity contribution in [2.45, 2.75) is 12.8 Å². The third-order valence-corrected chi connectivity index (χ3v) is 4.61. The molecule has 2 aromatic rings. The number of carbonyl (C=O) groups excluding carboxylic acids is 2. The van der Waals surface area contributed by atoms with E-state index in [4.69, 9.17) is 5.11 Å². The molecule has 2 N–H and O–H groups in total. The zero-order valence-electron chi connectivity index (χ0n) is 15.0. The number of aromatic carboxylic acids is 1. The van der Waals surface area contributed by atoms with Crippen LogP contribution in [0.15, 0.2) is 30.6 Å². The molecule has 1 aliphatic rings. The van der Waals surface area contributed by atoms with Gasteiger partial charge in [0.2, 0.25) is 0 Å². The first kappa shape index (κ1) is 18.6. The number of likely N-dealkylation sites (tertiary alicyclic amines) is 1. The fourth-order valence-corrected chi connectivity index (χ4v) is 3.05. The van der Waals surface area contributed by atoms with Crippen molar-refractivity contribution >= 4 is 17.8 Å². The number of pyridine rings is 1. The van der Waals surface area contributed by atoms with E-state index < -0.39 is 5.97 Å². The Bertz CT molecular complexity index is 855. The Morgan fingerprint density at radius 3 is 2.56 bits per heavy atom. The number of carboxylic acid groups (broad SMARTS) is 1. The van der Waals surface area contributed by atoms with E-state index in [0.29, 0.717) is 25.2 Å². The first-order chi connectivity index (χ1) is 12.9. The molecule has 9 heteroatoms. The standard InChI is InChI=1S/C18H21N5O4/c1-22-11-13(10-20-22)16(24)19-9-12-5-7-23(8-6-12)17(25)14-3-2-4-15(21-14)18(26)27/h2-4,10-12H,5-9H2,1H3,(H,19,24)(H,26,27). The number of piperidine rings is 1. The highest BCUT2D eigenvalue weighted by Crippen LogP contribution is 2.18. The highest BCUT2D eigenvalue weighted by atomic mass is 16.4. The Kier molecular flexibility index (Phi) is 5.49. The quantitative estimate of drug-likeness (QED) is 0.803. The van der Waals surface area contributed by atoms with Crippen molar-refractivity contribution in [3.8, 4) is 0 Å². The van der Waals surface area contributed by atoms with Gasteiger partial charge in [0, 0.05) is 32.9 Å². The smallest absolute Gasteiger partial charge is 0.354 e. The summed E-state index contributed by atoms with van der Waals surface area (Å²) in [5.41, 5.74) is 0.515. The molecule has 142 valence electrons. The number of carbonyl (C=O) groups is 3. The van der Waals surface area contributed by atoms with E-state index in [-0.39, 0.29) is 29.1 Å². The minimum Gasteiger partial charge on any atom is -0.477 e. The monoisotopic (exact) mass is 371 g/mol. The lowest BCUT2D eigenvalue weighted by atomic mass is 9.96. The maximum absolute atomic E-state index is 12.5. The minimum atomic E-state index is -1.16. The van der Waals surface area contributed by atoms with Gasteiger partial charge in [-0.1, -0.05) is 6.07 Å². The summed E-state index contributed by atoms with van der Waals surface area (Å²) in [6.45, 7) is 1.64. The molecule has 3 rings (SSSR count). The first-order valence-corrected chi connectivity index (χ1v) is 8.70. The van der Waals surface area contributed by atoms with Gasteiger partial charge in [0.1, 0.15) is 11.4 Å². The summed E-state index contributed by atoms with van der Waals surface area (Å²) in [7, 11) is 1.75. The largest absolute Gasteiger partial charge is 0.477 e. The predicted molar refractivity (Wildman–Crippen MR) is 95.4 cm³/mol. The number of nitrogens with zero attached hydrogens (tertiary/aromatic N) is 4. The van der Waals surface area contributed by atoms with E-state index in [1.807, 2.05) is 0 Å². The van der Waals surface area contributed by atoms with Crippen molar-refractivity contribution in [3.63, 3.8) is 0 Å². The molecule has 1 saturated heterocycles. The number of hydrogen-bond acceptors (Lipinski definition) is 5. The highest BCUT2D eigenvalue weighted by Gasteiger charge is 2.25. The lowest BCUT2D eigenvalue weighted by molar-refractivity contribution is 0.0674. The number of carboxylic acids is 1. The van der Waals surface area contributed by atoms with Gasteiger partial charge in [-0.25, -0.2) is 9.78 Å². The van der Waals surface area contributed by atoms with Crippen LogP contribution in [0.1, 0.15) is 44.2 Å². The van der Waals surface area contributed by atoms with Gasteiger partial charge in [-0.3, -0.25) is 14.3 Å². The summed E-state index contributed by atoms with van der Waals surface area (Å²) in [6.07, 6.45) is 4.71. The molecule has 2 amide bonds. The van der Waals surface area contributed by atoms with E-state index in [1.54, 1.807) is 22.8 Å². The van der Waals surface area contributed by atoms with E-state index in [1.165, 1.54) is 24.4 Å². The minimum absolute atomic E-state index is 0.137. The second kappa shape index (κ2) is 7.98. The topological polar surface area (TPSA) is 117 Å². The van der Waals surface area contributed by atoms with E-state index >= 15 is 0 Å². The molecule has 0 saturated carbocycles. The van der Waals surface area contributed by atoms with Crippen molar-refractivity contribution in [1.82, 2.24) is 25.0 Å². The van der Waals surface area contributed by atoms with Gasteiger partial charge in [-0.2, -0.15) is 5.10 Å². The Balaban J connectivity index is 1.50. The SMILES string of the molecule is Cn1cc(C(=O)NCC2CCN(C(=O)c3cccc(C(=O)O)n3)CC2)cn1. The van der Waals surface area contributed by atoms with Gasteiger partial charge in [0.25, 0.3) is 11.8 Å². The summed E-state index contributed by atoms with van der Waals surface area (Å²) in [4.78, 5) is 41.2. The average Bonchev–Trinajstić information content (AvgIpc) is 3.12. The normalized spacial score (nSPS) is 14.8. The molecule has 0 radical (unpaired) electrons. The third-order valence-electron chi connectivity index (χ3n) is 4.61. The number of nitrogens with one attached hydrogen (secondary N) is 1. The molecule has 1 fully saturated rings. The maximum atomic E-state index is 12.5. The van der Waals surface area contributed by atoms with Gasteiger partial charge >= 0.3 is 5.97 Å². The van der Waals surface area contributed by atoms with Crippen LogP contribution in [0.2, 0.25) is 0 Å². The molecule has 0 bridgehead atoms. The van der Waals surface area contributed by atoms with Gasteiger partial charge in [0.15, 0.2) is 0 Å². The van der Waals surface area contributed by atoms with Crippen LogP contribution in [-0.4, -0.2) is 62.2 Å². The van der Waals surface area contributed by atoms with E-state index in [0.717, 1.165) is 12.8 Å². The molecule has 0 unspecified atom stereocenters. The van der Waals surface area contributed by atoms with Crippen molar-refractivity contribution < 1.29 is 19.5 Å². The molecule has 2 aromatic heterocycles. The second-order valence-electron chi connectivity index (χ2n) is 6.56. The van der Waals surface area contributed by atoms with Crippen molar-refractivity contribution in [2.24, 2.45) is 13.0 Å². The Morgan fingerprint density at radius 2 is 1.93 bits per heavy atom. The van der Waals surface area contributed by atoms with E-state index in [9.17, 15) is 14.4 Å². The van der Waals surface area contributed by atoms with Crippen molar-refractivity contribution in [1.29, 1.82) is 0 Å². The maximum Gasteiger partial charge on any atom is 0.354 e.